The minimum atomic E-state index is -3.46. The van der Waals surface area contributed by atoms with E-state index >= 15 is 0 Å². The van der Waals surface area contributed by atoms with Gasteiger partial charge in [-0.15, -0.1) is 11.3 Å². The van der Waals surface area contributed by atoms with Gasteiger partial charge in [-0.3, -0.25) is 4.79 Å². The zero-order valence-electron chi connectivity index (χ0n) is 8.76. The standard InChI is InChI=1S/C9H13NO4S2/c1-2-5-10-16(13,14)9-4-3-7(15-9)6-8(11)12/h3-4,10H,2,5-6H2,1H3,(H,11,12). The molecule has 1 heterocycles. The van der Waals surface area contributed by atoms with E-state index in [0.717, 1.165) is 11.3 Å². The van der Waals surface area contributed by atoms with Crippen molar-refractivity contribution in [1.29, 1.82) is 0 Å². The Balaban J connectivity index is 2.80. The molecule has 0 spiro atoms. The number of carbonyl (C=O) groups is 1. The van der Waals surface area contributed by atoms with Crippen molar-refractivity contribution in [2.75, 3.05) is 6.54 Å². The van der Waals surface area contributed by atoms with Gasteiger partial charge in [0, 0.05) is 11.4 Å². The van der Waals surface area contributed by atoms with Gasteiger partial charge < -0.3 is 5.11 Å². The smallest absolute Gasteiger partial charge is 0.308 e. The summed E-state index contributed by atoms with van der Waals surface area (Å²) in [6, 6.07) is 2.96. The molecule has 0 amide bonds. The van der Waals surface area contributed by atoms with Gasteiger partial charge in [0.2, 0.25) is 10.0 Å². The monoisotopic (exact) mass is 263 g/mol. The fourth-order valence-corrected chi connectivity index (χ4v) is 3.58. The Hall–Kier alpha value is -0.920. The summed E-state index contributed by atoms with van der Waals surface area (Å²) in [6.45, 7) is 2.25. The quantitative estimate of drug-likeness (QED) is 0.804. The molecule has 1 aromatic rings. The second-order valence-electron chi connectivity index (χ2n) is 3.19. The number of carboxylic acids is 1. The average Bonchev–Trinajstić information content (AvgIpc) is 2.63. The number of hydrogen-bond acceptors (Lipinski definition) is 4. The summed E-state index contributed by atoms with van der Waals surface area (Å²) in [5, 5.41) is 8.56. The van der Waals surface area contributed by atoms with Crippen LogP contribution < -0.4 is 4.72 Å². The summed E-state index contributed by atoms with van der Waals surface area (Å²) in [5.41, 5.74) is 0. The van der Waals surface area contributed by atoms with Crippen LogP contribution >= 0.6 is 11.3 Å². The molecule has 0 atom stereocenters. The van der Waals surface area contributed by atoms with E-state index in [0.29, 0.717) is 17.8 Å². The van der Waals surface area contributed by atoms with Gasteiger partial charge in [-0.1, -0.05) is 6.92 Å². The van der Waals surface area contributed by atoms with Crippen molar-refractivity contribution in [3.05, 3.63) is 17.0 Å². The first-order valence-corrected chi connectivity index (χ1v) is 7.06. The summed E-state index contributed by atoms with van der Waals surface area (Å²) in [6.07, 6.45) is 0.570. The molecule has 0 fully saturated rings. The van der Waals surface area contributed by atoms with Gasteiger partial charge in [-0.05, 0) is 18.6 Å². The van der Waals surface area contributed by atoms with Crippen molar-refractivity contribution < 1.29 is 18.3 Å². The first kappa shape index (κ1) is 13.1. The van der Waals surface area contributed by atoms with E-state index in [2.05, 4.69) is 4.72 Å². The molecular weight excluding hydrogens is 250 g/mol. The van der Waals surface area contributed by atoms with E-state index < -0.39 is 16.0 Å². The van der Waals surface area contributed by atoms with Crippen LogP contribution in [0.2, 0.25) is 0 Å². The highest BCUT2D eigenvalue weighted by atomic mass is 32.2. The number of nitrogens with one attached hydrogen (secondary N) is 1. The third-order valence-electron chi connectivity index (χ3n) is 1.77. The largest absolute Gasteiger partial charge is 0.481 e. The molecule has 16 heavy (non-hydrogen) atoms. The van der Waals surface area contributed by atoms with Crippen LogP contribution in [0.25, 0.3) is 0 Å². The topological polar surface area (TPSA) is 83.5 Å². The third kappa shape index (κ3) is 3.58. The predicted molar refractivity (Wildman–Crippen MR) is 61.1 cm³/mol. The lowest BCUT2D eigenvalue weighted by atomic mass is 10.3. The van der Waals surface area contributed by atoms with Crippen molar-refractivity contribution in [1.82, 2.24) is 4.72 Å². The summed E-state index contributed by atoms with van der Waals surface area (Å²) in [7, 11) is -3.46. The lowest BCUT2D eigenvalue weighted by Crippen LogP contribution is -2.23. The maximum Gasteiger partial charge on any atom is 0.308 e. The van der Waals surface area contributed by atoms with E-state index in [1.165, 1.54) is 12.1 Å². The highest BCUT2D eigenvalue weighted by Gasteiger charge is 2.16. The molecule has 2 N–H and O–H groups in total. The van der Waals surface area contributed by atoms with Crippen LogP contribution in [-0.4, -0.2) is 26.0 Å². The average molecular weight is 263 g/mol. The SMILES string of the molecule is CCCNS(=O)(=O)c1ccc(CC(=O)O)s1. The minimum Gasteiger partial charge on any atom is -0.481 e. The van der Waals surface area contributed by atoms with E-state index in [-0.39, 0.29) is 10.6 Å². The summed E-state index contributed by atoms with van der Waals surface area (Å²) in [4.78, 5) is 11.0. The Morgan fingerprint density at radius 3 is 2.75 bits per heavy atom. The van der Waals surface area contributed by atoms with Crippen LogP contribution in [0.15, 0.2) is 16.3 Å². The zero-order chi connectivity index (χ0) is 12.2. The summed E-state index contributed by atoms with van der Waals surface area (Å²) >= 11 is 0.987. The van der Waals surface area contributed by atoms with Crippen LogP contribution in [0.4, 0.5) is 0 Å². The molecule has 0 saturated heterocycles. The van der Waals surface area contributed by atoms with E-state index in [1.807, 2.05) is 6.92 Å². The fourth-order valence-electron chi connectivity index (χ4n) is 1.05. The number of carboxylic acid groups (broad SMARTS) is 1. The maximum atomic E-state index is 11.6. The van der Waals surface area contributed by atoms with Crippen molar-refractivity contribution in [3.63, 3.8) is 0 Å². The molecule has 0 unspecified atom stereocenters. The van der Waals surface area contributed by atoms with Crippen LogP contribution in [0.3, 0.4) is 0 Å². The third-order valence-corrected chi connectivity index (χ3v) is 4.81. The zero-order valence-corrected chi connectivity index (χ0v) is 10.4. The second-order valence-corrected chi connectivity index (χ2v) is 6.35. The highest BCUT2D eigenvalue weighted by Crippen LogP contribution is 2.21. The summed E-state index contributed by atoms with van der Waals surface area (Å²) in [5.74, 6) is -0.965. The Bertz CT molecular complexity index is 464. The molecule has 0 aromatic carbocycles. The van der Waals surface area contributed by atoms with Gasteiger partial charge in [0.15, 0.2) is 0 Å². The molecule has 0 aliphatic heterocycles. The molecule has 90 valence electrons. The lowest BCUT2D eigenvalue weighted by molar-refractivity contribution is -0.136. The first-order valence-electron chi connectivity index (χ1n) is 4.76. The van der Waals surface area contributed by atoms with Gasteiger partial charge >= 0.3 is 5.97 Å². The van der Waals surface area contributed by atoms with Crippen LogP contribution in [0.1, 0.15) is 18.2 Å². The second kappa shape index (κ2) is 5.42. The van der Waals surface area contributed by atoms with Gasteiger partial charge in [-0.25, -0.2) is 13.1 Å². The molecular formula is C9H13NO4S2. The van der Waals surface area contributed by atoms with Gasteiger partial charge in [0.1, 0.15) is 4.21 Å². The van der Waals surface area contributed by atoms with Crippen LogP contribution in [-0.2, 0) is 21.2 Å². The number of thiophene rings is 1. The van der Waals surface area contributed by atoms with Gasteiger partial charge in [-0.2, -0.15) is 0 Å². The van der Waals surface area contributed by atoms with Gasteiger partial charge in [0.05, 0.1) is 6.42 Å². The number of hydrogen-bond donors (Lipinski definition) is 2. The maximum absolute atomic E-state index is 11.6. The van der Waals surface area contributed by atoms with Gasteiger partial charge in [0.25, 0.3) is 0 Å². The van der Waals surface area contributed by atoms with Crippen molar-refractivity contribution in [3.8, 4) is 0 Å². The number of aliphatic carboxylic acids is 1. The van der Waals surface area contributed by atoms with Crippen molar-refractivity contribution >= 4 is 27.3 Å². The molecule has 0 saturated carbocycles. The normalized spacial score (nSPS) is 11.6. The first-order chi connectivity index (χ1) is 7.45. The Kier molecular flexibility index (Phi) is 4.45. The fraction of sp³-hybridized carbons (Fsp3) is 0.444. The van der Waals surface area contributed by atoms with Crippen molar-refractivity contribution in [2.45, 2.75) is 24.0 Å². The molecule has 1 aromatic heterocycles. The van der Waals surface area contributed by atoms with E-state index in [9.17, 15) is 13.2 Å². The summed E-state index contributed by atoms with van der Waals surface area (Å²) < 4.78 is 25.9. The lowest BCUT2D eigenvalue weighted by Gasteiger charge is -2.01. The Morgan fingerprint density at radius 1 is 1.50 bits per heavy atom. The molecule has 0 bridgehead atoms. The molecule has 0 radical (unpaired) electrons. The molecule has 1 rings (SSSR count). The van der Waals surface area contributed by atoms with Crippen molar-refractivity contribution in [2.24, 2.45) is 0 Å². The highest BCUT2D eigenvalue weighted by molar-refractivity contribution is 7.91. The molecule has 0 aliphatic rings. The predicted octanol–water partition coefficient (Wildman–Crippen LogP) is 1.06. The molecule has 5 nitrogen and oxygen atoms in total. The molecule has 0 aliphatic carbocycles. The Labute approximate surface area is 98.2 Å². The van der Waals surface area contributed by atoms with E-state index in [4.69, 9.17) is 5.11 Å². The Morgan fingerprint density at radius 2 is 2.19 bits per heavy atom. The molecule has 7 heteroatoms. The van der Waals surface area contributed by atoms with E-state index in [1.54, 1.807) is 0 Å². The minimum absolute atomic E-state index is 0.145. The number of sulfonamides is 1. The van der Waals surface area contributed by atoms with Crippen LogP contribution in [0.5, 0.6) is 0 Å². The van der Waals surface area contributed by atoms with Crippen LogP contribution in [0, 0.1) is 0 Å². The number of rotatable bonds is 6.